The van der Waals surface area contributed by atoms with E-state index in [0.717, 1.165) is 9.13 Å². The highest BCUT2D eigenvalue weighted by Crippen LogP contribution is 2.34. The van der Waals surface area contributed by atoms with Gasteiger partial charge in [0.2, 0.25) is 0 Å². The van der Waals surface area contributed by atoms with Crippen LogP contribution in [0.1, 0.15) is 5.56 Å². The Labute approximate surface area is 186 Å². The molecule has 0 aliphatic carbocycles. The van der Waals surface area contributed by atoms with E-state index in [1.165, 1.54) is 0 Å². The molecule has 0 bridgehead atoms. The number of halogens is 4. The number of carbonyl (C=O) groups is 1. The monoisotopic (exact) mass is 693 g/mol. The van der Waals surface area contributed by atoms with Crippen LogP contribution in [-0.2, 0) is 11.2 Å². The second-order valence-electron chi connectivity index (χ2n) is 4.75. The molecule has 0 unspecified atom stereocenters. The van der Waals surface area contributed by atoms with E-state index >= 15 is 0 Å². The van der Waals surface area contributed by atoms with Crippen molar-refractivity contribution < 1.29 is 19.7 Å². The van der Waals surface area contributed by atoms with E-state index in [9.17, 15) is 9.90 Å². The molecule has 0 saturated heterocycles. The second-order valence-corrected chi connectivity index (χ2v) is 8.24. The molecular formula is C15H13ClI3NO4. The summed E-state index contributed by atoms with van der Waals surface area (Å²) in [6, 6.07) is 8.03. The molecule has 0 radical (unpaired) electrons. The maximum absolute atomic E-state index is 10.8. The van der Waals surface area contributed by atoms with Crippen LogP contribution in [0.5, 0.6) is 17.2 Å². The van der Waals surface area contributed by atoms with Gasteiger partial charge in [0.25, 0.3) is 0 Å². The Hall–Kier alpha value is -0.0500. The Bertz CT molecular complexity index is 734. The van der Waals surface area contributed by atoms with Gasteiger partial charge in [-0.25, -0.2) is 0 Å². The zero-order chi connectivity index (χ0) is 17.1. The first-order chi connectivity index (χ1) is 10.8. The van der Waals surface area contributed by atoms with E-state index in [1.54, 1.807) is 24.3 Å². The summed E-state index contributed by atoms with van der Waals surface area (Å²) in [7, 11) is 0. The summed E-state index contributed by atoms with van der Waals surface area (Å²) in [4.78, 5) is 10.8. The number of aliphatic carboxylic acids is 1. The first-order valence-electron chi connectivity index (χ1n) is 6.40. The van der Waals surface area contributed by atoms with Crippen LogP contribution < -0.4 is 10.5 Å². The van der Waals surface area contributed by atoms with Gasteiger partial charge in [-0.2, -0.15) is 0 Å². The zero-order valence-electron chi connectivity index (χ0n) is 12.0. The van der Waals surface area contributed by atoms with E-state index in [-0.39, 0.29) is 24.6 Å². The number of nitrogens with two attached hydrogens (primary N) is 1. The van der Waals surface area contributed by atoms with Gasteiger partial charge in [-0.15, -0.1) is 12.4 Å². The second kappa shape index (κ2) is 9.59. The maximum Gasteiger partial charge on any atom is 0.320 e. The number of ether oxygens (including phenoxy) is 1. The first-order valence-corrected chi connectivity index (χ1v) is 9.64. The molecule has 9 heteroatoms. The number of phenols is 1. The summed E-state index contributed by atoms with van der Waals surface area (Å²) in [5.41, 5.74) is 6.39. The molecule has 0 heterocycles. The minimum absolute atomic E-state index is 0. The highest BCUT2D eigenvalue weighted by molar-refractivity contribution is 14.1. The van der Waals surface area contributed by atoms with Gasteiger partial charge in [-0.3, -0.25) is 4.79 Å². The lowest BCUT2D eigenvalue weighted by molar-refractivity contribution is -0.138. The largest absolute Gasteiger partial charge is 0.506 e. The third-order valence-electron chi connectivity index (χ3n) is 2.99. The molecule has 130 valence electrons. The Balaban J connectivity index is 0.00000288. The van der Waals surface area contributed by atoms with Crippen LogP contribution in [0.15, 0.2) is 30.3 Å². The van der Waals surface area contributed by atoms with Crippen molar-refractivity contribution in [3.8, 4) is 17.2 Å². The van der Waals surface area contributed by atoms with Gasteiger partial charge < -0.3 is 20.7 Å². The van der Waals surface area contributed by atoms with E-state index < -0.39 is 12.0 Å². The molecule has 5 nitrogen and oxygen atoms in total. The molecule has 0 fully saturated rings. The molecule has 0 spiro atoms. The SMILES string of the molecule is Cl.N[C@@H](Cc1ccc(O[13c]2[13cH][13c](I)[13c](O)[13c](I)[13cH]2)c(I)c1)C(=O)O. The number of hydrogen-bond donors (Lipinski definition) is 3. The van der Waals surface area contributed by atoms with Crippen molar-refractivity contribution in [3.05, 3.63) is 46.6 Å². The van der Waals surface area contributed by atoms with Gasteiger partial charge in [0.1, 0.15) is 23.3 Å². The molecule has 0 aromatic heterocycles. The van der Waals surface area contributed by atoms with Gasteiger partial charge in [0, 0.05) is 0 Å². The molecule has 2 rings (SSSR count). The summed E-state index contributed by atoms with van der Waals surface area (Å²) >= 11 is 6.23. The van der Waals surface area contributed by atoms with Gasteiger partial charge in [0.15, 0.2) is 0 Å². The van der Waals surface area contributed by atoms with Crippen molar-refractivity contribution in [2.45, 2.75) is 12.5 Å². The fourth-order valence-electron chi connectivity index (χ4n) is 1.82. The third-order valence-corrected chi connectivity index (χ3v) is 5.47. The average Bonchev–Trinajstić information content (AvgIpc) is 2.47. The lowest BCUT2D eigenvalue weighted by atomic mass is 10.1. The highest BCUT2D eigenvalue weighted by Gasteiger charge is 2.14. The van der Waals surface area contributed by atoms with E-state index in [0.29, 0.717) is 18.6 Å². The van der Waals surface area contributed by atoms with Crippen molar-refractivity contribution in [2.24, 2.45) is 5.73 Å². The quantitative estimate of drug-likeness (QED) is 0.405. The Morgan fingerprint density at radius 3 is 2.21 bits per heavy atom. The van der Waals surface area contributed by atoms with Crippen molar-refractivity contribution in [2.75, 3.05) is 0 Å². The number of rotatable bonds is 5. The Morgan fingerprint density at radius 1 is 1.12 bits per heavy atom. The van der Waals surface area contributed by atoms with Crippen LogP contribution in [0.25, 0.3) is 0 Å². The number of benzene rings is 2. The standard InChI is InChI=1S/C15H12I3NO4.ClH/c16-9-3-7(4-12(19)15(21)22)1-2-13(9)23-8-5-10(17)14(20)11(18)6-8;/h1-3,5-6,12,20H,4,19H2,(H,21,22);1H/t12-;/m0./s1/i5+1,6+1,8+1,10+1,11+1,14+1;. The molecule has 24 heavy (non-hydrogen) atoms. The summed E-state index contributed by atoms with van der Waals surface area (Å²) in [5.74, 6) is 0.514. The lowest BCUT2D eigenvalue weighted by Crippen LogP contribution is -2.32. The topological polar surface area (TPSA) is 92.8 Å². The summed E-state index contributed by atoms with van der Waals surface area (Å²) in [6.45, 7) is 0. The van der Waals surface area contributed by atoms with Crippen molar-refractivity contribution >= 4 is 86.1 Å². The number of phenolic OH excluding ortho intramolecular Hbond substituents is 1. The van der Waals surface area contributed by atoms with Crippen molar-refractivity contribution in [1.29, 1.82) is 0 Å². The fourth-order valence-corrected chi connectivity index (χ4v) is 4.22. The fraction of sp³-hybridized carbons (Fsp3) is 0.133. The van der Waals surface area contributed by atoms with Crippen LogP contribution in [0.4, 0.5) is 0 Å². The molecule has 0 amide bonds. The lowest BCUT2D eigenvalue weighted by Gasteiger charge is -2.12. The van der Waals surface area contributed by atoms with Gasteiger partial charge in [-0.05, 0) is 104 Å². The molecule has 1 atom stereocenters. The minimum Gasteiger partial charge on any atom is -0.506 e. The smallest absolute Gasteiger partial charge is 0.320 e. The van der Waals surface area contributed by atoms with Crippen molar-refractivity contribution in [3.63, 3.8) is 0 Å². The average molecular weight is 693 g/mol. The van der Waals surface area contributed by atoms with Crippen LogP contribution in [-0.4, -0.2) is 22.2 Å². The number of carboxylic acids is 1. The number of aromatic hydroxyl groups is 1. The minimum atomic E-state index is -1.02. The van der Waals surface area contributed by atoms with Gasteiger partial charge in [-0.1, -0.05) is 6.07 Å². The Kier molecular flexibility index (Phi) is 8.79. The van der Waals surface area contributed by atoms with Crippen LogP contribution in [0.2, 0.25) is 0 Å². The molecule has 0 aliphatic heterocycles. The van der Waals surface area contributed by atoms with Crippen LogP contribution >= 0.6 is 80.2 Å². The zero-order valence-corrected chi connectivity index (χ0v) is 19.3. The molecule has 2 aromatic rings. The predicted molar refractivity (Wildman–Crippen MR) is 119 cm³/mol. The molecule has 4 N–H and O–H groups in total. The van der Waals surface area contributed by atoms with Gasteiger partial charge in [0.05, 0.1) is 10.7 Å². The third kappa shape index (κ3) is 5.75. The molecule has 0 saturated carbocycles. The summed E-state index contributed by atoms with van der Waals surface area (Å²) in [5, 5.41) is 18.6. The van der Waals surface area contributed by atoms with Crippen LogP contribution in [0.3, 0.4) is 0 Å². The molecule has 0 aliphatic rings. The molecule has 2 aromatic carbocycles. The maximum atomic E-state index is 10.8. The Morgan fingerprint density at radius 2 is 1.71 bits per heavy atom. The van der Waals surface area contributed by atoms with E-state index in [1.807, 2.05) is 51.2 Å². The number of carboxylic acid groups (broad SMARTS) is 1. The summed E-state index contributed by atoms with van der Waals surface area (Å²) < 4.78 is 8.14. The van der Waals surface area contributed by atoms with E-state index in [4.69, 9.17) is 15.6 Å². The van der Waals surface area contributed by atoms with Crippen molar-refractivity contribution in [1.82, 2.24) is 0 Å². The van der Waals surface area contributed by atoms with Gasteiger partial charge >= 0.3 is 5.97 Å². The summed E-state index contributed by atoms with van der Waals surface area (Å²) in [6.07, 6.45) is 0.265. The van der Waals surface area contributed by atoms with E-state index in [2.05, 4.69) is 22.6 Å². The molecular weight excluding hydrogens is 680 g/mol. The normalized spacial score (nSPS) is 11.5. The first kappa shape index (κ1) is 22.0. The van der Waals surface area contributed by atoms with Crippen LogP contribution in [0, 0.1) is 10.7 Å². The predicted octanol–water partition coefficient (Wildman–Crippen LogP) is 4.37. The number of hydrogen-bond acceptors (Lipinski definition) is 4. The highest BCUT2D eigenvalue weighted by atomic mass is 127.